The maximum atomic E-state index is 6.74. The first-order valence-electron chi connectivity index (χ1n) is 20.6. The second-order valence-corrected chi connectivity index (χ2v) is 15.9. The second-order valence-electron chi connectivity index (χ2n) is 15.9. The molecule has 0 spiro atoms. The Morgan fingerprint density at radius 1 is 0.258 bits per heavy atom. The monoisotopic (exact) mass is 774 g/mol. The largest absolute Gasteiger partial charge is 0.456 e. The van der Waals surface area contributed by atoms with Gasteiger partial charge >= 0.3 is 0 Å². The van der Waals surface area contributed by atoms with Crippen molar-refractivity contribution in [2.45, 2.75) is 0 Å². The third-order valence-corrected chi connectivity index (χ3v) is 12.3. The molecule has 0 fully saturated rings. The van der Waals surface area contributed by atoms with Crippen molar-refractivity contribution >= 4 is 110 Å². The summed E-state index contributed by atoms with van der Waals surface area (Å²) in [5.41, 5.74) is 15.6. The first-order chi connectivity index (χ1) is 30.4. The fourth-order valence-electron chi connectivity index (χ4n) is 9.37. The first kappa shape index (κ1) is 37.8. The zero-order chi connectivity index (χ0) is 42.1. The molecule has 0 aliphatic heterocycles. The average molecular weight is 774 g/mol. The van der Waals surface area contributed by atoms with Gasteiger partial charge in [0.2, 0.25) is 0 Å². The molecule has 0 unspecified atom stereocenters. The highest BCUT2D eigenvalue weighted by Gasteiger charge is 2.22. The van der Waals surface area contributed by atoms with Gasteiger partial charge < -0.3 is 4.42 Å². The van der Waals surface area contributed by atoms with E-state index >= 15 is 0 Å². The van der Waals surface area contributed by atoms with E-state index in [-0.39, 0.29) is 16.4 Å². The minimum absolute atomic E-state index is 0.192. The van der Waals surface area contributed by atoms with Gasteiger partial charge in [0.15, 0.2) is 0 Å². The molecule has 0 bridgehead atoms. The summed E-state index contributed by atoms with van der Waals surface area (Å²) in [7, 11) is 32.6. The Balaban J connectivity index is 1.15. The Labute approximate surface area is 367 Å². The van der Waals surface area contributed by atoms with Crippen LogP contribution in [0.15, 0.2) is 192 Å². The van der Waals surface area contributed by atoms with Crippen molar-refractivity contribution in [1.82, 2.24) is 0 Å². The molecule has 11 aromatic rings. The number of furan rings is 1. The summed E-state index contributed by atoms with van der Waals surface area (Å²) in [6.07, 6.45) is 0. The van der Waals surface area contributed by atoms with E-state index in [0.29, 0.717) is 16.5 Å². The van der Waals surface area contributed by atoms with E-state index in [0.717, 1.165) is 105 Å². The number of fused-ring (bicyclic) bond motifs is 5. The molecule has 11 rings (SSSR count). The van der Waals surface area contributed by atoms with Crippen molar-refractivity contribution in [2.24, 2.45) is 0 Å². The van der Waals surface area contributed by atoms with Gasteiger partial charge in [-0.1, -0.05) is 169 Å². The highest BCUT2D eigenvalue weighted by Crippen LogP contribution is 2.47. The number of hydrogen-bond donors (Lipinski definition) is 0. The molecule has 0 saturated heterocycles. The van der Waals surface area contributed by atoms with Crippen molar-refractivity contribution in [3.8, 4) is 66.8 Å². The SMILES string of the molecule is [B]c1c([B])c([B])c(-c2c3ccccc3c(-c3ccc(-c4c(-c5cc(-c6ccccc6)cc(-c6ccccc6)c5)ccc5oc6ccccc6c45)cc3)c3ccccc23)c([B])c1[B]. The highest BCUT2D eigenvalue weighted by molar-refractivity contribution is 6.69. The van der Waals surface area contributed by atoms with Crippen molar-refractivity contribution in [2.75, 3.05) is 0 Å². The van der Waals surface area contributed by atoms with Crippen LogP contribution in [-0.2, 0) is 0 Å². The van der Waals surface area contributed by atoms with Gasteiger partial charge in [0.05, 0.1) is 0 Å². The fraction of sp³-hybridized carbons (Fsp3) is 0. The third-order valence-electron chi connectivity index (χ3n) is 12.3. The summed E-state index contributed by atoms with van der Waals surface area (Å²) < 4.78 is 6.53. The van der Waals surface area contributed by atoms with E-state index in [1.165, 1.54) is 0 Å². The molecule has 10 radical (unpaired) electrons. The molecule has 62 heavy (non-hydrogen) atoms. The molecule has 276 valence electrons. The normalized spacial score (nSPS) is 11.5. The smallest absolute Gasteiger partial charge is 0.136 e. The minimum atomic E-state index is 0.192. The molecule has 0 aliphatic rings. The number of hydrogen-bond acceptors (Lipinski definition) is 1. The van der Waals surface area contributed by atoms with E-state index in [1.807, 2.05) is 24.3 Å². The molecule has 0 atom stereocenters. The van der Waals surface area contributed by atoms with Crippen molar-refractivity contribution in [3.63, 3.8) is 0 Å². The summed E-state index contributed by atoms with van der Waals surface area (Å²) in [6, 6.07) is 66.3. The van der Waals surface area contributed by atoms with Crippen LogP contribution in [0.25, 0.3) is 110 Å². The van der Waals surface area contributed by atoms with Crippen LogP contribution < -0.4 is 27.3 Å². The van der Waals surface area contributed by atoms with Crippen molar-refractivity contribution in [3.05, 3.63) is 188 Å². The number of rotatable bonds is 6. The van der Waals surface area contributed by atoms with E-state index in [1.54, 1.807) is 0 Å². The fourth-order valence-corrected chi connectivity index (χ4v) is 9.37. The molecule has 6 heteroatoms. The van der Waals surface area contributed by atoms with Crippen LogP contribution in [0.3, 0.4) is 0 Å². The standard InChI is InChI=1S/C56H31B5O/c57-52-51(53(58)55(60)56(61)54(52)59)49-42-19-9-7-17-40(42)47(41-18-8-10-20-43(41)49)34-23-25-35(26-24-34)48-39(27-28-46-50(48)44-21-11-12-22-45(44)62-46)38-30-36(32-13-3-1-4-14-32)29-37(31-38)33-15-5-2-6-16-33/h1-31H. The molecule has 1 nitrogen and oxygen atoms in total. The Morgan fingerprint density at radius 3 is 1.21 bits per heavy atom. The van der Waals surface area contributed by atoms with Gasteiger partial charge in [0.25, 0.3) is 0 Å². The van der Waals surface area contributed by atoms with Gasteiger partial charge in [0.1, 0.15) is 50.4 Å². The predicted octanol–water partition coefficient (Wildman–Crippen LogP) is 9.86. The summed E-state index contributed by atoms with van der Waals surface area (Å²) >= 11 is 0. The Hall–Kier alpha value is -7.16. The zero-order valence-corrected chi connectivity index (χ0v) is 33.7. The van der Waals surface area contributed by atoms with Crippen molar-refractivity contribution < 1.29 is 4.42 Å². The number of benzene rings is 10. The van der Waals surface area contributed by atoms with Gasteiger partial charge in [-0.05, 0) is 113 Å². The quantitative estimate of drug-likeness (QED) is 0.121. The molecule has 10 aromatic carbocycles. The van der Waals surface area contributed by atoms with Crippen LogP contribution in [-0.4, -0.2) is 39.2 Å². The summed E-state index contributed by atoms with van der Waals surface area (Å²) in [5, 5.41) is 6.16. The van der Waals surface area contributed by atoms with Crippen molar-refractivity contribution in [1.29, 1.82) is 0 Å². The van der Waals surface area contributed by atoms with E-state index in [2.05, 4.69) is 164 Å². The van der Waals surface area contributed by atoms with E-state index in [4.69, 9.17) is 43.6 Å². The molecular weight excluding hydrogens is 743 g/mol. The van der Waals surface area contributed by atoms with Crippen LogP contribution in [0.5, 0.6) is 0 Å². The Bertz CT molecular complexity index is 3410. The maximum absolute atomic E-state index is 6.74. The molecule has 1 aromatic heterocycles. The molecular formula is C56H31B5O. The van der Waals surface area contributed by atoms with E-state index in [9.17, 15) is 0 Å². The first-order valence-corrected chi connectivity index (χ1v) is 20.6. The van der Waals surface area contributed by atoms with E-state index < -0.39 is 0 Å². The minimum Gasteiger partial charge on any atom is -0.456 e. The lowest BCUT2D eigenvalue weighted by atomic mass is 9.59. The summed E-state index contributed by atoms with van der Waals surface area (Å²) in [4.78, 5) is 0. The van der Waals surface area contributed by atoms with Gasteiger partial charge in [-0.3, -0.25) is 0 Å². The van der Waals surface area contributed by atoms with Gasteiger partial charge in [-0.15, -0.1) is 16.4 Å². The molecule has 0 amide bonds. The highest BCUT2D eigenvalue weighted by atomic mass is 16.3. The average Bonchev–Trinajstić information content (AvgIpc) is 3.72. The lowest BCUT2D eigenvalue weighted by Gasteiger charge is -2.25. The molecule has 0 aliphatic carbocycles. The summed E-state index contributed by atoms with van der Waals surface area (Å²) in [6.45, 7) is 0. The molecule has 1 heterocycles. The van der Waals surface area contributed by atoms with Crippen LogP contribution in [0.4, 0.5) is 0 Å². The maximum Gasteiger partial charge on any atom is 0.136 e. The third kappa shape index (κ3) is 6.08. The van der Waals surface area contributed by atoms with Crippen LogP contribution in [0.2, 0.25) is 0 Å². The second kappa shape index (κ2) is 15.1. The Morgan fingerprint density at radius 2 is 0.677 bits per heavy atom. The van der Waals surface area contributed by atoms with Gasteiger partial charge in [-0.2, -0.15) is 0 Å². The lowest BCUT2D eigenvalue weighted by Crippen LogP contribution is -2.55. The lowest BCUT2D eigenvalue weighted by molar-refractivity contribution is 0.669. The molecule has 0 saturated carbocycles. The Kier molecular flexibility index (Phi) is 9.20. The van der Waals surface area contributed by atoms with Crippen LogP contribution in [0, 0.1) is 0 Å². The van der Waals surface area contributed by atoms with Crippen LogP contribution in [0.1, 0.15) is 0 Å². The molecule has 0 N–H and O–H groups in total. The summed E-state index contributed by atoms with van der Waals surface area (Å²) in [5.74, 6) is 0. The van der Waals surface area contributed by atoms with Crippen LogP contribution >= 0.6 is 0 Å². The predicted molar refractivity (Wildman–Crippen MR) is 268 cm³/mol. The zero-order valence-electron chi connectivity index (χ0n) is 33.7. The topological polar surface area (TPSA) is 13.1 Å². The van der Waals surface area contributed by atoms with Gasteiger partial charge in [0, 0.05) is 16.3 Å². The number of para-hydroxylation sites is 1. The van der Waals surface area contributed by atoms with Gasteiger partial charge in [-0.25, -0.2) is 0 Å².